The van der Waals surface area contributed by atoms with Gasteiger partial charge in [-0.15, -0.1) is 11.8 Å². The number of hydrogen-bond donors (Lipinski definition) is 0. The normalized spacial score (nSPS) is 20.5. The van der Waals surface area contributed by atoms with Crippen LogP contribution < -0.4 is 0 Å². The largest absolute Gasteiger partial charge is 0.346 e. The van der Waals surface area contributed by atoms with Crippen LogP contribution in [0.1, 0.15) is 64.0 Å². The Morgan fingerprint density at radius 2 is 1.85 bits per heavy atom. The van der Waals surface area contributed by atoms with Crippen molar-refractivity contribution in [3.05, 3.63) is 35.4 Å². The average molecular weight is 377 g/mol. The Morgan fingerprint density at radius 3 is 2.38 bits per heavy atom. The number of nitrogens with zero attached hydrogens (tertiary/aromatic N) is 2. The molecule has 1 aromatic rings. The molecular weight excluding hydrogens is 344 g/mol. The molecule has 1 heterocycles. The summed E-state index contributed by atoms with van der Waals surface area (Å²) < 4.78 is 0. The van der Waals surface area contributed by atoms with E-state index >= 15 is 0 Å². The number of carbonyl (C=O) groups is 2. The second-order valence-corrected chi connectivity index (χ2v) is 9.48. The van der Waals surface area contributed by atoms with Gasteiger partial charge in [-0.25, -0.2) is 0 Å². The molecule has 0 aromatic heterocycles. The molecule has 1 aromatic carbocycles. The van der Waals surface area contributed by atoms with Crippen LogP contribution >= 0.6 is 11.8 Å². The molecule has 0 bridgehead atoms. The lowest BCUT2D eigenvalue weighted by Crippen LogP contribution is -2.34. The van der Waals surface area contributed by atoms with E-state index in [9.17, 15) is 9.59 Å². The fourth-order valence-corrected chi connectivity index (χ4v) is 4.49. The van der Waals surface area contributed by atoms with Gasteiger partial charge < -0.3 is 9.80 Å². The number of amides is 2. The molecule has 2 rings (SSSR count). The van der Waals surface area contributed by atoms with Gasteiger partial charge >= 0.3 is 0 Å². The van der Waals surface area contributed by atoms with Crippen LogP contribution in [0.3, 0.4) is 0 Å². The maximum Gasteiger partial charge on any atom is 0.236 e. The molecule has 0 aliphatic carbocycles. The molecule has 1 aliphatic rings. The maximum absolute atomic E-state index is 12.6. The van der Waals surface area contributed by atoms with E-state index < -0.39 is 0 Å². The minimum absolute atomic E-state index is 0.0164. The van der Waals surface area contributed by atoms with E-state index in [1.54, 1.807) is 16.7 Å². The number of carbonyl (C=O) groups excluding carboxylic acids is 2. The standard InChI is InChI=1S/C21H32N2O2S/c1-7-18(24)22(6)13-8-14-23-19(25)15(2)26-20(23)16-9-11-17(12-10-16)21(3,4)5/h9-12,15,20H,7-8,13-14H2,1-6H3. The minimum Gasteiger partial charge on any atom is -0.346 e. The first-order valence-electron chi connectivity index (χ1n) is 9.45. The lowest BCUT2D eigenvalue weighted by molar-refractivity contribution is -0.130. The van der Waals surface area contributed by atoms with Crippen LogP contribution in [-0.4, -0.2) is 47.0 Å². The van der Waals surface area contributed by atoms with Gasteiger partial charge in [0.05, 0.1) is 5.25 Å². The smallest absolute Gasteiger partial charge is 0.236 e. The lowest BCUT2D eigenvalue weighted by Gasteiger charge is -2.26. The molecule has 0 spiro atoms. The second kappa shape index (κ2) is 8.47. The number of benzene rings is 1. The number of hydrogen-bond acceptors (Lipinski definition) is 3. The fourth-order valence-electron chi connectivity index (χ4n) is 3.18. The van der Waals surface area contributed by atoms with Crippen molar-refractivity contribution in [1.29, 1.82) is 0 Å². The Balaban J connectivity index is 2.06. The van der Waals surface area contributed by atoms with Crippen LogP contribution in [0.25, 0.3) is 0 Å². The van der Waals surface area contributed by atoms with E-state index in [0.29, 0.717) is 19.5 Å². The number of rotatable bonds is 6. The quantitative estimate of drug-likeness (QED) is 0.747. The molecule has 0 N–H and O–H groups in total. The fraction of sp³-hybridized carbons (Fsp3) is 0.619. The maximum atomic E-state index is 12.6. The minimum atomic E-state index is -0.0164. The first-order chi connectivity index (χ1) is 12.1. The van der Waals surface area contributed by atoms with Gasteiger partial charge in [-0.05, 0) is 29.9 Å². The highest BCUT2D eigenvalue weighted by Gasteiger charge is 2.38. The van der Waals surface area contributed by atoms with E-state index in [1.807, 2.05) is 25.8 Å². The summed E-state index contributed by atoms with van der Waals surface area (Å²) in [7, 11) is 1.83. The van der Waals surface area contributed by atoms with Gasteiger partial charge in [-0.3, -0.25) is 9.59 Å². The first kappa shape index (κ1) is 20.8. The molecular formula is C21H32N2O2S. The van der Waals surface area contributed by atoms with Crippen molar-refractivity contribution in [2.24, 2.45) is 0 Å². The highest BCUT2D eigenvalue weighted by Crippen LogP contribution is 2.43. The first-order valence-corrected chi connectivity index (χ1v) is 10.4. The van der Waals surface area contributed by atoms with E-state index in [-0.39, 0.29) is 27.9 Å². The van der Waals surface area contributed by atoms with Gasteiger partial charge in [-0.1, -0.05) is 52.0 Å². The van der Waals surface area contributed by atoms with E-state index in [1.165, 1.54) is 11.1 Å². The monoisotopic (exact) mass is 376 g/mol. The third-order valence-corrected chi connectivity index (χ3v) is 6.32. The van der Waals surface area contributed by atoms with E-state index in [0.717, 1.165) is 6.42 Å². The predicted molar refractivity (Wildman–Crippen MR) is 109 cm³/mol. The highest BCUT2D eigenvalue weighted by molar-refractivity contribution is 8.01. The van der Waals surface area contributed by atoms with Crippen molar-refractivity contribution in [2.45, 2.75) is 63.5 Å². The Bertz CT molecular complexity index is 636. The molecule has 1 fully saturated rings. The molecule has 144 valence electrons. The summed E-state index contributed by atoms with van der Waals surface area (Å²) in [4.78, 5) is 28.0. The summed E-state index contributed by atoms with van der Waals surface area (Å²) in [6.45, 7) is 11.8. The summed E-state index contributed by atoms with van der Waals surface area (Å²) in [5.41, 5.74) is 2.61. The zero-order chi connectivity index (χ0) is 19.5. The Labute approximate surface area is 162 Å². The van der Waals surface area contributed by atoms with E-state index in [4.69, 9.17) is 0 Å². The average Bonchev–Trinajstić information content (AvgIpc) is 2.88. The summed E-state index contributed by atoms with van der Waals surface area (Å²) in [6, 6.07) is 8.66. The molecule has 2 atom stereocenters. The summed E-state index contributed by atoms with van der Waals surface area (Å²) in [6.07, 6.45) is 1.33. The SMILES string of the molecule is CCC(=O)N(C)CCCN1C(=O)C(C)SC1c1ccc(C(C)(C)C)cc1. The highest BCUT2D eigenvalue weighted by atomic mass is 32.2. The van der Waals surface area contributed by atoms with Crippen LogP contribution in [0.5, 0.6) is 0 Å². The van der Waals surface area contributed by atoms with Crippen molar-refractivity contribution < 1.29 is 9.59 Å². The van der Waals surface area contributed by atoms with Gasteiger partial charge in [-0.2, -0.15) is 0 Å². The van der Waals surface area contributed by atoms with Crippen LogP contribution in [0.15, 0.2) is 24.3 Å². The molecule has 2 unspecified atom stereocenters. The third kappa shape index (κ3) is 4.81. The number of thioether (sulfide) groups is 1. The molecule has 26 heavy (non-hydrogen) atoms. The zero-order valence-corrected chi connectivity index (χ0v) is 17.7. The van der Waals surface area contributed by atoms with Gasteiger partial charge in [0.1, 0.15) is 5.37 Å². The van der Waals surface area contributed by atoms with Crippen molar-refractivity contribution in [3.63, 3.8) is 0 Å². The molecule has 0 radical (unpaired) electrons. The van der Waals surface area contributed by atoms with Crippen molar-refractivity contribution in [2.75, 3.05) is 20.1 Å². The van der Waals surface area contributed by atoms with Crippen LogP contribution in [0.2, 0.25) is 0 Å². The van der Waals surface area contributed by atoms with Gasteiger partial charge in [0.25, 0.3) is 0 Å². The predicted octanol–water partition coefficient (Wildman–Crippen LogP) is 4.21. The summed E-state index contributed by atoms with van der Waals surface area (Å²) >= 11 is 1.71. The summed E-state index contributed by atoms with van der Waals surface area (Å²) in [5, 5.41) is 0.0518. The zero-order valence-electron chi connectivity index (χ0n) is 16.9. The third-order valence-electron chi connectivity index (χ3n) is 4.93. The molecule has 4 nitrogen and oxygen atoms in total. The van der Waals surface area contributed by atoms with Crippen molar-refractivity contribution in [3.8, 4) is 0 Å². The lowest BCUT2D eigenvalue weighted by atomic mass is 9.86. The second-order valence-electron chi connectivity index (χ2n) is 8.06. The van der Waals surface area contributed by atoms with Crippen molar-refractivity contribution in [1.82, 2.24) is 9.80 Å². The van der Waals surface area contributed by atoms with Gasteiger partial charge in [0, 0.05) is 26.6 Å². The molecule has 5 heteroatoms. The molecule has 1 aliphatic heterocycles. The van der Waals surface area contributed by atoms with Crippen LogP contribution in [-0.2, 0) is 15.0 Å². The molecule has 1 saturated heterocycles. The van der Waals surface area contributed by atoms with E-state index in [2.05, 4.69) is 45.0 Å². The van der Waals surface area contributed by atoms with Crippen LogP contribution in [0, 0.1) is 0 Å². The Hall–Kier alpha value is -1.49. The molecule has 0 saturated carbocycles. The Kier molecular flexibility index (Phi) is 6.78. The van der Waals surface area contributed by atoms with Crippen LogP contribution in [0.4, 0.5) is 0 Å². The summed E-state index contributed by atoms with van der Waals surface area (Å²) in [5.74, 6) is 0.346. The van der Waals surface area contributed by atoms with Gasteiger partial charge in [0.2, 0.25) is 11.8 Å². The Morgan fingerprint density at radius 1 is 1.23 bits per heavy atom. The topological polar surface area (TPSA) is 40.6 Å². The van der Waals surface area contributed by atoms with Gasteiger partial charge in [0.15, 0.2) is 0 Å². The van der Waals surface area contributed by atoms with Crippen molar-refractivity contribution >= 4 is 23.6 Å². The molecule has 2 amide bonds.